The lowest BCUT2D eigenvalue weighted by atomic mass is 9.91. The third-order valence-electron chi connectivity index (χ3n) is 5.59. The molecule has 1 N–H and O–H groups in total. The summed E-state index contributed by atoms with van der Waals surface area (Å²) >= 11 is 0. The van der Waals surface area contributed by atoms with E-state index in [9.17, 15) is 9.90 Å². The van der Waals surface area contributed by atoms with Crippen LogP contribution in [0.4, 0.5) is 0 Å². The van der Waals surface area contributed by atoms with Crippen molar-refractivity contribution in [2.75, 3.05) is 13.1 Å². The van der Waals surface area contributed by atoms with Gasteiger partial charge in [0.25, 0.3) is 0 Å². The maximum atomic E-state index is 13.1. The Bertz CT molecular complexity index is 379. The van der Waals surface area contributed by atoms with Crippen molar-refractivity contribution in [3.63, 3.8) is 0 Å². The van der Waals surface area contributed by atoms with E-state index in [1.807, 2.05) is 0 Å². The fraction of sp³-hybridized carbons (Fsp3) is 0.938. The molecule has 114 valence electrons. The van der Waals surface area contributed by atoms with Crippen LogP contribution < -0.4 is 0 Å². The van der Waals surface area contributed by atoms with Gasteiger partial charge in [-0.3, -0.25) is 9.69 Å². The molecule has 3 fully saturated rings. The van der Waals surface area contributed by atoms with Gasteiger partial charge in [-0.05, 0) is 33.1 Å². The molecule has 3 rings (SSSR count). The zero-order valence-electron chi connectivity index (χ0n) is 12.8. The number of nitrogens with zero attached hydrogens (tertiary/aromatic N) is 2. The van der Waals surface area contributed by atoms with Crippen molar-refractivity contribution in [3.05, 3.63) is 0 Å². The Labute approximate surface area is 122 Å². The van der Waals surface area contributed by atoms with Crippen LogP contribution in [0.25, 0.3) is 0 Å². The van der Waals surface area contributed by atoms with Gasteiger partial charge in [-0.1, -0.05) is 19.3 Å². The number of hydrogen-bond acceptors (Lipinski definition) is 3. The number of amides is 1. The predicted molar refractivity (Wildman–Crippen MR) is 78.4 cm³/mol. The Morgan fingerprint density at radius 3 is 2.60 bits per heavy atom. The van der Waals surface area contributed by atoms with E-state index in [1.54, 1.807) is 0 Å². The first-order chi connectivity index (χ1) is 9.54. The summed E-state index contributed by atoms with van der Waals surface area (Å²) in [7, 11) is 0. The molecule has 2 saturated heterocycles. The number of aliphatic hydroxyl groups is 1. The summed E-state index contributed by atoms with van der Waals surface area (Å²) in [5.41, 5.74) is -0.398. The van der Waals surface area contributed by atoms with Crippen LogP contribution in [0, 0.1) is 0 Å². The van der Waals surface area contributed by atoms with Crippen LogP contribution in [0.2, 0.25) is 0 Å². The summed E-state index contributed by atoms with van der Waals surface area (Å²) < 4.78 is 0. The Morgan fingerprint density at radius 1 is 1.25 bits per heavy atom. The largest absolute Gasteiger partial charge is 0.392 e. The third-order valence-corrected chi connectivity index (χ3v) is 5.59. The Kier molecular flexibility index (Phi) is 3.80. The number of hydrogen-bond donors (Lipinski definition) is 1. The highest BCUT2D eigenvalue weighted by molar-refractivity contribution is 5.89. The lowest BCUT2D eigenvalue weighted by Gasteiger charge is -2.38. The topological polar surface area (TPSA) is 43.8 Å². The number of likely N-dealkylation sites (tertiary alicyclic amines) is 2. The fourth-order valence-corrected chi connectivity index (χ4v) is 4.66. The molecule has 0 bridgehead atoms. The summed E-state index contributed by atoms with van der Waals surface area (Å²) in [6, 6.07) is 0.782. The summed E-state index contributed by atoms with van der Waals surface area (Å²) in [6.07, 6.45) is 7.38. The lowest BCUT2D eigenvalue weighted by molar-refractivity contribution is -0.140. The lowest BCUT2D eigenvalue weighted by Crippen LogP contribution is -2.54. The molecule has 4 heteroatoms. The van der Waals surface area contributed by atoms with E-state index in [1.165, 1.54) is 32.1 Å². The van der Waals surface area contributed by atoms with E-state index >= 15 is 0 Å². The van der Waals surface area contributed by atoms with E-state index in [0.29, 0.717) is 31.0 Å². The van der Waals surface area contributed by atoms with Gasteiger partial charge < -0.3 is 10.0 Å². The molecule has 2 aliphatic heterocycles. The highest BCUT2D eigenvalue weighted by Gasteiger charge is 2.57. The van der Waals surface area contributed by atoms with Crippen molar-refractivity contribution in [2.24, 2.45) is 0 Å². The molecule has 2 heterocycles. The third kappa shape index (κ3) is 2.17. The first kappa shape index (κ1) is 14.3. The van der Waals surface area contributed by atoms with Crippen molar-refractivity contribution in [2.45, 2.75) is 82.5 Å². The molecule has 4 nitrogen and oxygen atoms in total. The quantitative estimate of drug-likeness (QED) is 0.838. The minimum absolute atomic E-state index is 0.301. The zero-order valence-corrected chi connectivity index (χ0v) is 12.8. The number of rotatable bonds is 2. The summed E-state index contributed by atoms with van der Waals surface area (Å²) in [4.78, 5) is 17.5. The van der Waals surface area contributed by atoms with Crippen LogP contribution in [-0.4, -0.2) is 57.6 Å². The van der Waals surface area contributed by atoms with Gasteiger partial charge in [-0.2, -0.15) is 0 Å². The molecule has 1 aliphatic carbocycles. The molecule has 2 atom stereocenters. The van der Waals surface area contributed by atoms with Crippen LogP contribution >= 0.6 is 0 Å². The normalized spacial score (nSPS) is 36.7. The summed E-state index contributed by atoms with van der Waals surface area (Å²) in [5, 5.41) is 10.1. The number of β-amino-alcohol motifs (C(OH)–C–C–N with tert-alkyl or cyclic N) is 1. The molecule has 0 unspecified atom stereocenters. The Hall–Kier alpha value is -0.610. The second kappa shape index (κ2) is 5.30. The van der Waals surface area contributed by atoms with Crippen LogP contribution in [0.1, 0.15) is 58.8 Å². The highest BCUT2D eigenvalue weighted by atomic mass is 16.3. The molecule has 1 spiro atoms. The van der Waals surface area contributed by atoms with E-state index in [-0.39, 0.29) is 6.10 Å². The van der Waals surface area contributed by atoms with Crippen molar-refractivity contribution in [3.8, 4) is 0 Å². The van der Waals surface area contributed by atoms with Gasteiger partial charge in [0.15, 0.2) is 0 Å². The Morgan fingerprint density at radius 2 is 1.95 bits per heavy atom. The minimum atomic E-state index is -0.398. The smallest absolute Gasteiger partial charge is 0.243 e. The molecule has 1 amide bonds. The molecule has 20 heavy (non-hydrogen) atoms. The van der Waals surface area contributed by atoms with E-state index < -0.39 is 5.54 Å². The SMILES string of the molecule is CC(C)N1C[C@H](O)C[C@]12CCN(C1CCCCC1)C2=O. The number of aliphatic hydroxyl groups excluding tert-OH is 1. The molecule has 0 aromatic heterocycles. The van der Waals surface area contributed by atoms with Crippen LogP contribution in [0.5, 0.6) is 0 Å². The van der Waals surface area contributed by atoms with Gasteiger partial charge >= 0.3 is 0 Å². The van der Waals surface area contributed by atoms with Gasteiger partial charge in [0.2, 0.25) is 5.91 Å². The summed E-state index contributed by atoms with van der Waals surface area (Å²) in [6.45, 7) is 5.81. The Balaban J connectivity index is 1.79. The molecule has 0 radical (unpaired) electrons. The van der Waals surface area contributed by atoms with Crippen molar-refractivity contribution >= 4 is 5.91 Å². The standard InChI is InChI=1S/C16H28N2O2/c1-12(2)18-11-14(19)10-16(18)8-9-17(15(16)20)13-6-4-3-5-7-13/h12-14,19H,3-11H2,1-2H3/t14-,16+/m1/s1. The molecule has 0 aromatic carbocycles. The monoisotopic (exact) mass is 280 g/mol. The van der Waals surface area contributed by atoms with Crippen LogP contribution in [0.3, 0.4) is 0 Å². The van der Waals surface area contributed by atoms with Gasteiger partial charge in [0.05, 0.1) is 6.10 Å². The average Bonchev–Trinajstić information content (AvgIpc) is 2.93. The van der Waals surface area contributed by atoms with Crippen molar-refractivity contribution < 1.29 is 9.90 Å². The molecule has 3 aliphatic rings. The minimum Gasteiger partial charge on any atom is -0.392 e. The number of carbonyl (C=O) groups excluding carboxylic acids is 1. The van der Waals surface area contributed by atoms with Gasteiger partial charge in [-0.25, -0.2) is 0 Å². The second-order valence-electron chi connectivity index (χ2n) is 7.18. The van der Waals surface area contributed by atoms with Gasteiger partial charge in [0, 0.05) is 31.6 Å². The fourth-order valence-electron chi connectivity index (χ4n) is 4.66. The number of carbonyl (C=O) groups is 1. The first-order valence-electron chi connectivity index (χ1n) is 8.30. The van der Waals surface area contributed by atoms with E-state index in [2.05, 4.69) is 23.6 Å². The van der Waals surface area contributed by atoms with Crippen LogP contribution in [-0.2, 0) is 4.79 Å². The maximum absolute atomic E-state index is 13.1. The molecule has 0 aromatic rings. The highest BCUT2D eigenvalue weighted by Crippen LogP contribution is 2.42. The predicted octanol–water partition coefficient (Wildman–Crippen LogP) is 1.77. The van der Waals surface area contributed by atoms with Gasteiger partial charge in [0.1, 0.15) is 5.54 Å². The molecule has 1 saturated carbocycles. The second-order valence-corrected chi connectivity index (χ2v) is 7.18. The maximum Gasteiger partial charge on any atom is 0.243 e. The summed E-state index contributed by atoms with van der Waals surface area (Å²) in [5.74, 6) is 0.301. The molecular formula is C16H28N2O2. The average molecular weight is 280 g/mol. The van der Waals surface area contributed by atoms with Crippen molar-refractivity contribution in [1.82, 2.24) is 9.80 Å². The first-order valence-corrected chi connectivity index (χ1v) is 8.30. The van der Waals surface area contributed by atoms with Gasteiger partial charge in [-0.15, -0.1) is 0 Å². The molecular weight excluding hydrogens is 252 g/mol. The van der Waals surface area contributed by atoms with Crippen molar-refractivity contribution in [1.29, 1.82) is 0 Å². The van der Waals surface area contributed by atoms with E-state index in [0.717, 1.165) is 13.0 Å². The van der Waals surface area contributed by atoms with E-state index in [4.69, 9.17) is 0 Å². The van der Waals surface area contributed by atoms with Crippen LogP contribution in [0.15, 0.2) is 0 Å². The zero-order chi connectivity index (χ0) is 14.3.